The molecule has 1 aliphatic heterocycles. The highest BCUT2D eigenvalue weighted by molar-refractivity contribution is 6.10. The van der Waals surface area contributed by atoms with Crippen molar-refractivity contribution in [3.8, 4) is 58.4 Å². The minimum Gasteiger partial charge on any atom is -0.457 e. The maximum Gasteiger partial charge on any atom is 0.230 e. The van der Waals surface area contributed by atoms with Crippen LogP contribution in [-0.4, -0.2) is 6.79 Å². The predicted octanol–water partition coefficient (Wildman–Crippen LogP) is 7.93. The smallest absolute Gasteiger partial charge is 0.230 e. The van der Waals surface area contributed by atoms with Gasteiger partial charge >= 0.3 is 0 Å². The van der Waals surface area contributed by atoms with Gasteiger partial charge in [-0.1, -0.05) is 47.9 Å². The summed E-state index contributed by atoms with van der Waals surface area (Å²) in [6, 6.07) is 39.2. The number of nitriles is 2. The molecule has 0 unspecified atom stereocenters. The number of nitrogens with zero attached hydrogens (tertiary/aromatic N) is 2. The average molecular weight is 549 g/mol. The van der Waals surface area contributed by atoms with Gasteiger partial charge in [0.1, 0.15) is 11.5 Å². The molecule has 0 aliphatic carbocycles. The van der Waals surface area contributed by atoms with E-state index in [4.69, 9.17) is 20.0 Å². The summed E-state index contributed by atoms with van der Waals surface area (Å²) in [4.78, 5) is 0. The van der Waals surface area contributed by atoms with E-state index in [0.717, 1.165) is 66.4 Å². The normalized spacial score (nSPS) is 11.1. The Morgan fingerprint density at radius 1 is 0.419 bits per heavy atom. The highest BCUT2D eigenvalue weighted by atomic mass is 16.7. The van der Waals surface area contributed by atoms with Gasteiger partial charge in [-0.05, 0) is 106 Å². The highest BCUT2D eigenvalue weighted by Crippen LogP contribution is 2.47. The van der Waals surface area contributed by atoms with Crippen LogP contribution in [0.3, 0.4) is 0 Å². The van der Waals surface area contributed by atoms with Crippen molar-refractivity contribution >= 4 is 21.5 Å². The van der Waals surface area contributed by atoms with E-state index in [0.29, 0.717) is 11.1 Å². The van der Waals surface area contributed by atoms with Crippen molar-refractivity contribution in [3.05, 3.63) is 143 Å². The first kappa shape index (κ1) is 25.5. The molecule has 6 aromatic carbocycles. The van der Waals surface area contributed by atoms with Gasteiger partial charge in [0, 0.05) is 33.4 Å². The molecule has 0 bridgehead atoms. The van der Waals surface area contributed by atoms with Crippen LogP contribution >= 0.6 is 0 Å². The number of fused-ring (bicyclic) bond motifs is 7. The number of benzene rings is 6. The molecule has 0 N–H and O–H groups in total. The van der Waals surface area contributed by atoms with Crippen LogP contribution in [0.25, 0.3) is 32.7 Å². The summed E-state index contributed by atoms with van der Waals surface area (Å²) in [5.41, 5.74) is 6.70. The number of hydrogen-bond acceptors (Lipinski definition) is 4. The fourth-order valence-electron chi connectivity index (χ4n) is 5.23. The highest BCUT2D eigenvalue weighted by Gasteiger charge is 2.22. The molecular weight excluding hydrogens is 528 g/mol. The summed E-state index contributed by atoms with van der Waals surface area (Å²) >= 11 is 0. The van der Waals surface area contributed by atoms with E-state index in [-0.39, 0.29) is 6.79 Å². The first-order valence-electron chi connectivity index (χ1n) is 13.6. The van der Waals surface area contributed by atoms with Crippen molar-refractivity contribution in [2.45, 2.75) is 0 Å². The molecule has 4 heteroatoms. The summed E-state index contributed by atoms with van der Waals surface area (Å²) in [5.74, 6) is 14.4. The zero-order valence-electron chi connectivity index (χ0n) is 22.8. The van der Waals surface area contributed by atoms with Gasteiger partial charge < -0.3 is 9.47 Å². The molecule has 0 aromatic heterocycles. The van der Waals surface area contributed by atoms with Crippen LogP contribution in [0.5, 0.6) is 11.5 Å². The Hall–Kier alpha value is -6.46. The van der Waals surface area contributed by atoms with Crippen molar-refractivity contribution in [2.24, 2.45) is 0 Å². The first-order valence-corrected chi connectivity index (χ1v) is 13.6. The molecule has 1 heterocycles. The van der Waals surface area contributed by atoms with Crippen molar-refractivity contribution in [1.29, 1.82) is 10.5 Å². The lowest BCUT2D eigenvalue weighted by Crippen LogP contribution is -2.03. The summed E-state index contributed by atoms with van der Waals surface area (Å²) in [7, 11) is 0. The number of rotatable bonds is 0. The van der Waals surface area contributed by atoms with Gasteiger partial charge in [-0.15, -0.1) is 0 Å². The molecular formula is C39H20N2O2. The van der Waals surface area contributed by atoms with Crippen LogP contribution < -0.4 is 9.47 Å². The van der Waals surface area contributed by atoms with Crippen molar-refractivity contribution in [1.82, 2.24) is 0 Å². The summed E-state index contributed by atoms with van der Waals surface area (Å²) in [5, 5.41) is 22.2. The molecule has 6 aromatic rings. The van der Waals surface area contributed by atoms with Gasteiger partial charge in [0.05, 0.1) is 23.3 Å². The van der Waals surface area contributed by atoms with Crippen molar-refractivity contribution in [2.75, 3.05) is 6.79 Å². The summed E-state index contributed by atoms with van der Waals surface area (Å²) in [6.45, 7) is 0.124. The lowest BCUT2D eigenvalue weighted by atomic mass is 9.91. The minimum atomic E-state index is 0.124. The van der Waals surface area contributed by atoms with Gasteiger partial charge in [-0.25, -0.2) is 0 Å². The first-order chi connectivity index (χ1) is 21.2. The molecule has 7 rings (SSSR count). The molecule has 0 saturated carbocycles. The maximum absolute atomic E-state index is 9.03. The molecule has 4 nitrogen and oxygen atoms in total. The summed E-state index contributed by atoms with van der Waals surface area (Å²) in [6.07, 6.45) is 0. The Morgan fingerprint density at radius 2 is 0.791 bits per heavy atom. The second-order valence-corrected chi connectivity index (χ2v) is 10.0. The molecule has 1 aliphatic rings. The monoisotopic (exact) mass is 548 g/mol. The fraction of sp³-hybridized carbons (Fsp3) is 0.0256. The number of ether oxygens (including phenoxy) is 2. The Kier molecular flexibility index (Phi) is 6.43. The van der Waals surface area contributed by atoms with Gasteiger partial charge in [0.2, 0.25) is 6.79 Å². The SMILES string of the molecule is N#Cc1ccc(C#Cc2ccc3c4c(ccc3c2)OCOc2ccc3cc(C#Cc5ccc(C#N)cc5)ccc3c2-4)cc1. The topological polar surface area (TPSA) is 66.0 Å². The molecule has 0 atom stereocenters. The van der Waals surface area contributed by atoms with Gasteiger partial charge in [0.25, 0.3) is 0 Å². The average Bonchev–Trinajstić information content (AvgIpc) is 3.26. The van der Waals surface area contributed by atoms with E-state index in [9.17, 15) is 0 Å². The van der Waals surface area contributed by atoms with E-state index in [1.807, 2.05) is 60.7 Å². The van der Waals surface area contributed by atoms with Crippen LogP contribution in [0.15, 0.2) is 109 Å². The van der Waals surface area contributed by atoms with E-state index >= 15 is 0 Å². The number of hydrogen-bond donors (Lipinski definition) is 0. The van der Waals surface area contributed by atoms with E-state index in [1.165, 1.54) is 0 Å². The Bertz CT molecular complexity index is 2120. The Balaban J connectivity index is 1.30. The molecule has 198 valence electrons. The van der Waals surface area contributed by atoms with Gasteiger partial charge in [0.15, 0.2) is 0 Å². The third-order valence-corrected chi connectivity index (χ3v) is 7.37. The quantitative estimate of drug-likeness (QED) is 0.181. The second-order valence-electron chi connectivity index (χ2n) is 10.0. The zero-order valence-corrected chi connectivity index (χ0v) is 22.8. The van der Waals surface area contributed by atoms with E-state index in [2.05, 4.69) is 60.1 Å². The minimum absolute atomic E-state index is 0.124. The lowest BCUT2D eigenvalue weighted by Gasteiger charge is -2.14. The van der Waals surface area contributed by atoms with Crippen molar-refractivity contribution < 1.29 is 9.47 Å². The Morgan fingerprint density at radius 3 is 1.21 bits per heavy atom. The van der Waals surface area contributed by atoms with Crippen LogP contribution in [0.4, 0.5) is 0 Å². The fourth-order valence-corrected chi connectivity index (χ4v) is 5.23. The van der Waals surface area contributed by atoms with Gasteiger partial charge in [-0.2, -0.15) is 10.5 Å². The standard InChI is InChI=1S/C39H20N2O2/c40-23-30-9-3-26(4-10-30)1-7-28-13-17-34-32(21-28)15-19-36-38(34)39-35-18-14-29(8-2-27-5-11-31(24-41)12-6-27)22-33(35)16-20-37(39)43-25-42-36/h3-6,9-22H,25H2. The predicted molar refractivity (Wildman–Crippen MR) is 167 cm³/mol. The lowest BCUT2D eigenvalue weighted by molar-refractivity contribution is 0.125. The van der Waals surface area contributed by atoms with E-state index < -0.39 is 0 Å². The van der Waals surface area contributed by atoms with Crippen LogP contribution in [-0.2, 0) is 0 Å². The maximum atomic E-state index is 9.03. The van der Waals surface area contributed by atoms with E-state index in [1.54, 1.807) is 24.3 Å². The third kappa shape index (κ3) is 4.99. The Labute approximate surface area is 249 Å². The van der Waals surface area contributed by atoms with Crippen molar-refractivity contribution in [3.63, 3.8) is 0 Å². The molecule has 0 radical (unpaired) electrons. The van der Waals surface area contributed by atoms with Crippen LogP contribution in [0.1, 0.15) is 33.4 Å². The third-order valence-electron chi connectivity index (χ3n) is 7.37. The second kappa shape index (κ2) is 10.8. The molecule has 0 saturated heterocycles. The zero-order chi connectivity index (χ0) is 29.2. The van der Waals surface area contributed by atoms with Crippen LogP contribution in [0, 0.1) is 46.3 Å². The largest absolute Gasteiger partial charge is 0.457 e. The van der Waals surface area contributed by atoms with Gasteiger partial charge in [-0.3, -0.25) is 0 Å². The van der Waals surface area contributed by atoms with Crippen LogP contribution in [0.2, 0.25) is 0 Å². The molecule has 43 heavy (non-hydrogen) atoms. The molecule has 0 spiro atoms. The molecule has 0 fully saturated rings. The summed E-state index contributed by atoms with van der Waals surface area (Å²) < 4.78 is 12.1. The molecule has 0 amide bonds.